The highest BCUT2D eigenvalue weighted by Crippen LogP contribution is 2.30. The van der Waals surface area contributed by atoms with Gasteiger partial charge in [0.15, 0.2) is 0 Å². The van der Waals surface area contributed by atoms with Crippen LogP contribution in [0.3, 0.4) is 0 Å². The second-order valence-corrected chi connectivity index (χ2v) is 2.40. The summed E-state index contributed by atoms with van der Waals surface area (Å²) in [6, 6.07) is 0.324. The molecule has 4 nitrogen and oxygen atoms in total. The van der Waals surface area contributed by atoms with Gasteiger partial charge in [-0.25, -0.2) is 9.78 Å². The molecule has 1 heterocycles. The molecule has 1 aromatic rings. The molecule has 14 heavy (non-hydrogen) atoms. The van der Waals surface area contributed by atoms with Crippen molar-refractivity contribution < 1.29 is 28.2 Å². The standard InChI is InChI=1S/C7H4F3NO3/c8-7(9,10)3-1-4(6(13)14)5(12)11-2-3/h1-2H,(H,11,12)(H,13,14). The molecular weight excluding hydrogens is 203 g/mol. The monoisotopic (exact) mass is 207 g/mol. The number of carboxylic acid groups (broad SMARTS) is 1. The third-order valence-electron chi connectivity index (χ3n) is 1.42. The number of pyridine rings is 1. The van der Waals surface area contributed by atoms with Crippen LogP contribution in [-0.2, 0) is 6.18 Å². The Morgan fingerprint density at radius 3 is 2.43 bits per heavy atom. The molecule has 1 rings (SSSR count). The van der Waals surface area contributed by atoms with Crippen LogP contribution in [0.15, 0.2) is 12.3 Å². The van der Waals surface area contributed by atoms with Gasteiger partial charge in [-0.1, -0.05) is 0 Å². The summed E-state index contributed by atoms with van der Waals surface area (Å²) in [7, 11) is 0. The molecule has 1 aromatic heterocycles. The van der Waals surface area contributed by atoms with E-state index in [1.165, 1.54) is 0 Å². The Kier molecular flexibility index (Phi) is 2.33. The number of aromatic carboxylic acids is 1. The van der Waals surface area contributed by atoms with Crippen LogP contribution in [0.5, 0.6) is 5.88 Å². The molecule has 2 N–H and O–H groups in total. The zero-order chi connectivity index (χ0) is 10.9. The Morgan fingerprint density at radius 1 is 1.43 bits per heavy atom. The van der Waals surface area contributed by atoms with Gasteiger partial charge >= 0.3 is 12.1 Å². The predicted molar refractivity (Wildman–Crippen MR) is 37.9 cm³/mol. The van der Waals surface area contributed by atoms with Gasteiger partial charge in [0.2, 0.25) is 5.88 Å². The summed E-state index contributed by atoms with van der Waals surface area (Å²) in [6.45, 7) is 0. The Bertz CT molecular complexity index is 375. The number of aromatic hydroxyl groups is 1. The van der Waals surface area contributed by atoms with E-state index >= 15 is 0 Å². The summed E-state index contributed by atoms with van der Waals surface area (Å²) in [5.41, 5.74) is -2.09. The lowest BCUT2D eigenvalue weighted by molar-refractivity contribution is -0.137. The average molecular weight is 207 g/mol. The first kappa shape index (κ1) is 10.3. The third-order valence-corrected chi connectivity index (χ3v) is 1.42. The van der Waals surface area contributed by atoms with Crippen LogP contribution < -0.4 is 0 Å². The second kappa shape index (κ2) is 3.17. The maximum atomic E-state index is 12.0. The molecule has 0 bridgehead atoms. The number of carbonyl (C=O) groups is 1. The molecule has 0 aromatic carbocycles. The summed E-state index contributed by atoms with van der Waals surface area (Å²) in [6.07, 6.45) is -4.31. The highest BCUT2D eigenvalue weighted by atomic mass is 19.4. The number of aromatic nitrogens is 1. The molecule has 7 heteroatoms. The van der Waals surface area contributed by atoms with Crippen molar-refractivity contribution >= 4 is 5.97 Å². The molecule has 0 saturated carbocycles. The Balaban J connectivity index is 3.27. The van der Waals surface area contributed by atoms with Crippen molar-refractivity contribution in [3.63, 3.8) is 0 Å². The van der Waals surface area contributed by atoms with Crippen LogP contribution in [0, 0.1) is 0 Å². The summed E-state index contributed by atoms with van der Waals surface area (Å²) in [5, 5.41) is 17.2. The summed E-state index contributed by atoms with van der Waals surface area (Å²) < 4.78 is 36.1. The number of hydrogen-bond donors (Lipinski definition) is 2. The maximum absolute atomic E-state index is 12.0. The largest absolute Gasteiger partial charge is 0.493 e. The SMILES string of the molecule is O=C(O)c1cc(C(F)(F)F)cnc1O. The fraction of sp³-hybridized carbons (Fsp3) is 0.143. The fourth-order valence-electron chi connectivity index (χ4n) is 0.770. The van der Waals surface area contributed by atoms with Crippen molar-refractivity contribution in [2.24, 2.45) is 0 Å². The van der Waals surface area contributed by atoms with Crippen LogP contribution in [0.1, 0.15) is 15.9 Å². The van der Waals surface area contributed by atoms with Crippen LogP contribution in [-0.4, -0.2) is 21.2 Å². The molecule has 0 fully saturated rings. The molecule has 0 amide bonds. The smallest absolute Gasteiger partial charge is 0.417 e. The van der Waals surface area contributed by atoms with Crippen LogP contribution >= 0.6 is 0 Å². The Hall–Kier alpha value is -1.79. The number of nitrogens with zero attached hydrogens (tertiary/aromatic N) is 1. The van der Waals surface area contributed by atoms with Gasteiger partial charge in [-0.3, -0.25) is 0 Å². The van der Waals surface area contributed by atoms with Crippen LogP contribution in [0.2, 0.25) is 0 Å². The summed E-state index contributed by atoms with van der Waals surface area (Å²) in [5.74, 6) is -2.61. The van der Waals surface area contributed by atoms with Crippen molar-refractivity contribution in [3.8, 4) is 5.88 Å². The zero-order valence-corrected chi connectivity index (χ0v) is 6.54. The van der Waals surface area contributed by atoms with Crippen LogP contribution in [0.4, 0.5) is 13.2 Å². The van der Waals surface area contributed by atoms with Gasteiger partial charge in [-0.2, -0.15) is 13.2 Å². The van der Waals surface area contributed by atoms with Gasteiger partial charge in [0.1, 0.15) is 5.56 Å². The molecule has 0 saturated heterocycles. The Labute approximate surface area is 75.6 Å². The quantitative estimate of drug-likeness (QED) is 0.732. The van der Waals surface area contributed by atoms with Gasteiger partial charge in [-0.15, -0.1) is 0 Å². The van der Waals surface area contributed by atoms with E-state index < -0.39 is 29.2 Å². The normalized spacial score (nSPS) is 11.4. The van der Waals surface area contributed by atoms with Crippen LogP contribution in [0.25, 0.3) is 0 Å². The van der Waals surface area contributed by atoms with E-state index in [9.17, 15) is 18.0 Å². The van der Waals surface area contributed by atoms with Gasteiger partial charge in [0.25, 0.3) is 0 Å². The summed E-state index contributed by atoms with van der Waals surface area (Å²) >= 11 is 0. The lowest BCUT2D eigenvalue weighted by Crippen LogP contribution is -2.08. The molecule has 0 spiro atoms. The van der Waals surface area contributed by atoms with Crippen molar-refractivity contribution in [3.05, 3.63) is 23.4 Å². The van der Waals surface area contributed by atoms with Crippen molar-refractivity contribution in [1.29, 1.82) is 0 Å². The number of rotatable bonds is 1. The van der Waals surface area contributed by atoms with Gasteiger partial charge in [0.05, 0.1) is 5.56 Å². The number of hydrogen-bond acceptors (Lipinski definition) is 3. The summed E-state index contributed by atoms with van der Waals surface area (Å²) in [4.78, 5) is 13.3. The lowest BCUT2D eigenvalue weighted by atomic mass is 10.2. The van der Waals surface area contributed by atoms with Crippen molar-refractivity contribution in [2.45, 2.75) is 6.18 Å². The van der Waals surface area contributed by atoms with E-state index in [4.69, 9.17) is 10.2 Å². The number of alkyl halides is 3. The minimum absolute atomic E-state index is 0.324. The van der Waals surface area contributed by atoms with E-state index in [0.717, 1.165) is 0 Å². The van der Waals surface area contributed by atoms with E-state index in [0.29, 0.717) is 12.3 Å². The zero-order valence-electron chi connectivity index (χ0n) is 6.54. The number of carboxylic acids is 1. The first-order valence-corrected chi connectivity index (χ1v) is 3.32. The van der Waals surface area contributed by atoms with E-state index in [1.54, 1.807) is 0 Å². The fourth-order valence-corrected chi connectivity index (χ4v) is 0.770. The van der Waals surface area contributed by atoms with E-state index in [-0.39, 0.29) is 0 Å². The molecule has 0 aliphatic heterocycles. The molecule has 0 aliphatic rings. The van der Waals surface area contributed by atoms with Gasteiger partial charge < -0.3 is 10.2 Å². The number of halogens is 3. The average Bonchev–Trinajstić information content (AvgIpc) is 2.02. The topological polar surface area (TPSA) is 70.4 Å². The third kappa shape index (κ3) is 1.93. The van der Waals surface area contributed by atoms with Gasteiger partial charge in [-0.05, 0) is 6.07 Å². The van der Waals surface area contributed by atoms with E-state index in [1.807, 2.05) is 0 Å². The molecule has 0 aliphatic carbocycles. The first-order valence-electron chi connectivity index (χ1n) is 3.32. The molecule has 0 radical (unpaired) electrons. The first-order chi connectivity index (χ1) is 6.32. The second-order valence-electron chi connectivity index (χ2n) is 2.40. The predicted octanol–water partition coefficient (Wildman–Crippen LogP) is 1.50. The minimum atomic E-state index is -4.68. The molecule has 76 valence electrons. The van der Waals surface area contributed by atoms with Crippen molar-refractivity contribution in [2.75, 3.05) is 0 Å². The Morgan fingerprint density at radius 2 is 2.00 bits per heavy atom. The van der Waals surface area contributed by atoms with Crippen molar-refractivity contribution in [1.82, 2.24) is 4.98 Å². The highest BCUT2D eigenvalue weighted by Gasteiger charge is 2.32. The van der Waals surface area contributed by atoms with Gasteiger partial charge in [0, 0.05) is 6.20 Å². The highest BCUT2D eigenvalue weighted by molar-refractivity contribution is 5.90. The lowest BCUT2D eigenvalue weighted by Gasteiger charge is -2.06. The maximum Gasteiger partial charge on any atom is 0.417 e. The van der Waals surface area contributed by atoms with E-state index in [2.05, 4.69) is 4.98 Å². The minimum Gasteiger partial charge on any atom is -0.493 e. The molecule has 0 atom stereocenters. The molecular formula is C7H4F3NO3. The molecule has 0 unspecified atom stereocenters.